The van der Waals surface area contributed by atoms with Crippen molar-refractivity contribution in [3.63, 3.8) is 0 Å². The highest BCUT2D eigenvalue weighted by molar-refractivity contribution is 6.08. The molecule has 0 saturated carbocycles. The normalized spacial score (nSPS) is 17.7. The van der Waals surface area contributed by atoms with E-state index in [2.05, 4.69) is 20.6 Å². The molecule has 3 heterocycles. The van der Waals surface area contributed by atoms with Crippen LogP contribution in [0.25, 0.3) is 16.6 Å². The van der Waals surface area contributed by atoms with E-state index < -0.39 is 5.92 Å². The van der Waals surface area contributed by atoms with E-state index in [-0.39, 0.29) is 25.1 Å². The van der Waals surface area contributed by atoms with Gasteiger partial charge in [-0.2, -0.15) is 0 Å². The second-order valence-electron chi connectivity index (χ2n) is 9.04. The Balaban J connectivity index is 1.69. The zero-order chi connectivity index (χ0) is 26.3. The number of ether oxygens (including phenoxy) is 1. The molecule has 36 heavy (non-hydrogen) atoms. The van der Waals surface area contributed by atoms with Gasteiger partial charge in [0.25, 0.3) is 5.92 Å². The highest BCUT2D eigenvalue weighted by Crippen LogP contribution is 2.26. The van der Waals surface area contributed by atoms with Crippen LogP contribution >= 0.6 is 0 Å². The maximum atomic E-state index is 13.1. The van der Waals surface area contributed by atoms with E-state index in [0.717, 1.165) is 5.57 Å². The number of alkyl halides is 2. The number of nitrogens with zero attached hydrogens (tertiary/aromatic N) is 3. The Morgan fingerprint density at radius 2 is 2.06 bits per heavy atom. The largest absolute Gasteiger partial charge is 0.404 e. The highest BCUT2D eigenvalue weighted by Gasteiger charge is 2.44. The fraction of sp³-hybridized carbons (Fsp3) is 0.400. The number of fused-ring (bicyclic) bond motifs is 1. The summed E-state index contributed by atoms with van der Waals surface area (Å²) in [6.45, 7) is 4.37. The lowest BCUT2D eigenvalue weighted by Crippen LogP contribution is -2.58. The van der Waals surface area contributed by atoms with Crippen LogP contribution in [-0.2, 0) is 4.74 Å². The summed E-state index contributed by atoms with van der Waals surface area (Å²) >= 11 is 0. The van der Waals surface area contributed by atoms with E-state index >= 15 is 0 Å². The second-order valence-corrected chi connectivity index (χ2v) is 9.04. The minimum absolute atomic E-state index is 0.228. The Kier molecular flexibility index (Phi) is 8.94. The SMILES string of the molecule is COC(CN/C=C(\C=N)c1cnc2ccc(N/C(N)=C/C(=C\N)C(C)C)nc2c1)CN1CC(F)(F)C1. The molecule has 3 rings (SSSR count). The minimum Gasteiger partial charge on any atom is -0.404 e. The first-order chi connectivity index (χ1) is 17.1. The van der Waals surface area contributed by atoms with Gasteiger partial charge in [-0.25, -0.2) is 13.8 Å². The topological polar surface area (TPSA) is 138 Å². The minimum atomic E-state index is -2.61. The van der Waals surface area contributed by atoms with Crippen LogP contribution in [0.5, 0.6) is 0 Å². The molecule has 0 aromatic carbocycles. The van der Waals surface area contributed by atoms with Gasteiger partial charge in [0.05, 0.1) is 30.2 Å². The van der Waals surface area contributed by atoms with Crippen molar-refractivity contribution in [2.45, 2.75) is 25.9 Å². The molecule has 2 aromatic heterocycles. The summed E-state index contributed by atoms with van der Waals surface area (Å²) in [6.07, 6.45) is 7.60. The Labute approximate surface area is 209 Å². The molecule has 1 fully saturated rings. The molecule has 1 aliphatic rings. The summed E-state index contributed by atoms with van der Waals surface area (Å²) in [4.78, 5) is 10.7. The van der Waals surface area contributed by atoms with E-state index in [1.54, 1.807) is 36.5 Å². The van der Waals surface area contributed by atoms with Crippen LogP contribution in [0.2, 0.25) is 0 Å². The van der Waals surface area contributed by atoms with Gasteiger partial charge in [-0.15, -0.1) is 0 Å². The van der Waals surface area contributed by atoms with Crippen molar-refractivity contribution in [1.29, 1.82) is 5.41 Å². The standard InChI is InChI=1S/C25H34F2N8O/c1-16(2)17(8-28)7-23(30)34-24-5-4-21-22(33-24)6-18(11-32-21)19(9-29)10-31-12-20(36-3)13-35-14-25(26,27)15-35/h4-11,16,20,29,31H,12-15,28,30H2,1-3H3,(H,33,34)/b17-8+,19-10+,23-7+,29-9?. The van der Waals surface area contributed by atoms with Gasteiger partial charge in [-0.3, -0.25) is 9.88 Å². The van der Waals surface area contributed by atoms with Gasteiger partial charge in [0, 0.05) is 49.9 Å². The summed E-state index contributed by atoms with van der Waals surface area (Å²) in [5.41, 5.74) is 15.3. The van der Waals surface area contributed by atoms with E-state index in [1.807, 2.05) is 26.0 Å². The van der Waals surface area contributed by atoms with Crippen molar-refractivity contribution in [1.82, 2.24) is 20.2 Å². The third-order valence-corrected chi connectivity index (χ3v) is 5.79. The summed E-state index contributed by atoms with van der Waals surface area (Å²) in [7, 11) is 1.55. The van der Waals surface area contributed by atoms with Gasteiger partial charge in [0.2, 0.25) is 0 Å². The average Bonchev–Trinajstić information content (AvgIpc) is 2.82. The predicted octanol–water partition coefficient (Wildman–Crippen LogP) is 2.89. The fourth-order valence-electron chi connectivity index (χ4n) is 3.76. The molecule has 1 aliphatic heterocycles. The number of anilines is 1. The number of methoxy groups -OCH3 is 1. The number of hydrogen-bond acceptors (Lipinski definition) is 9. The fourth-order valence-corrected chi connectivity index (χ4v) is 3.76. The molecule has 0 spiro atoms. The molecule has 1 atom stereocenters. The number of halogens is 2. The number of allylic oxidation sites excluding steroid dienone is 3. The summed E-state index contributed by atoms with van der Waals surface area (Å²) in [5, 5.41) is 14.0. The van der Waals surface area contributed by atoms with Crippen molar-refractivity contribution in [2.75, 3.05) is 38.6 Å². The van der Waals surface area contributed by atoms with Crippen molar-refractivity contribution in [3.8, 4) is 0 Å². The molecule has 2 aromatic rings. The van der Waals surface area contributed by atoms with E-state index in [0.29, 0.717) is 46.9 Å². The average molecular weight is 501 g/mol. The van der Waals surface area contributed by atoms with E-state index in [9.17, 15) is 8.78 Å². The van der Waals surface area contributed by atoms with Crippen LogP contribution in [0.15, 0.2) is 54.3 Å². The Morgan fingerprint density at radius 3 is 2.67 bits per heavy atom. The molecule has 11 heteroatoms. The molecule has 1 saturated heterocycles. The predicted molar refractivity (Wildman–Crippen MR) is 139 cm³/mol. The number of rotatable bonds is 12. The first-order valence-electron chi connectivity index (χ1n) is 11.6. The number of hydrogen-bond donors (Lipinski definition) is 5. The Hall–Kier alpha value is -3.57. The van der Waals surface area contributed by atoms with Gasteiger partial charge < -0.3 is 32.2 Å². The van der Waals surface area contributed by atoms with Gasteiger partial charge >= 0.3 is 0 Å². The van der Waals surface area contributed by atoms with E-state index in [1.165, 1.54) is 12.4 Å². The highest BCUT2D eigenvalue weighted by atomic mass is 19.3. The van der Waals surface area contributed by atoms with Crippen LogP contribution in [0.4, 0.5) is 14.6 Å². The van der Waals surface area contributed by atoms with Crippen LogP contribution in [0.3, 0.4) is 0 Å². The van der Waals surface area contributed by atoms with Crippen LogP contribution in [-0.4, -0.2) is 66.4 Å². The molecule has 0 amide bonds. The Morgan fingerprint density at radius 1 is 1.31 bits per heavy atom. The molecule has 0 bridgehead atoms. The van der Waals surface area contributed by atoms with Crippen molar-refractivity contribution < 1.29 is 13.5 Å². The molecule has 0 aliphatic carbocycles. The molecular formula is C25H34F2N8O. The maximum Gasteiger partial charge on any atom is 0.272 e. The van der Waals surface area contributed by atoms with E-state index in [4.69, 9.17) is 21.6 Å². The second kappa shape index (κ2) is 11.9. The number of nitrogens with one attached hydrogen (secondary N) is 3. The van der Waals surface area contributed by atoms with Gasteiger partial charge in [0.1, 0.15) is 11.6 Å². The monoisotopic (exact) mass is 500 g/mol. The van der Waals surface area contributed by atoms with Crippen LogP contribution < -0.4 is 22.1 Å². The van der Waals surface area contributed by atoms with Gasteiger partial charge in [0.15, 0.2) is 0 Å². The number of pyridine rings is 2. The first-order valence-corrected chi connectivity index (χ1v) is 11.6. The van der Waals surface area contributed by atoms with Crippen molar-refractivity contribution in [2.24, 2.45) is 17.4 Å². The smallest absolute Gasteiger partial charge is 0.272 e. The van der Waals surface area contributed by atoms with Gasteiger partial charge in [-0.1, -0.05) is 13.8 Å². The lowest BCUT2D eigenvalue weighted by Gasteiger charge is -2.40. The molecule has 1 unspecified atom stereocenters. The zero-order valence-corrected chi connectivity index (χ0v) is 20.8. The molecule has 0 radical (unpaired) electrons. The lowest BCUT2D eigenvalue weighted by molar-refractivity contribution is -0.140. The summed E-state index contributed by atoms with van der Waals surface area (Å²) in [5.74, 6) is -1.42. The summed E-state index contributed by atoms with van der Waals surface area (Å²) < 4.78 is 31.5. The number of aromatic nitrogens is 2. The third kappa shape index (κ3) is 7.22. The first kappa shape index (κ1) is 27.0. The lowest BCUT2D eigenvalue weighted by atomic mass is 10.0. The van der Waals surface area contributed by atoms with Crippen LogP contribution in [0, 0.1) is 11.3 Å². The Bertz CT molecular complexity index is 1150. The number of nitrogens with two attached hydrogens (primary N) is 2. The van der Waals surface area contributed by atoms with Crippen LogP contribution in [0.1, 0.15) is 19.4 Å². The molecule has 194 valence electrons. The number of likely N-dealkylation sites (tertiary alicyclic amines) is 1. The van der Waals surface area contributed by atoms with Crippen molar-refractivity contribution in [3.05, 3.63) is 59.8 Å². The summed E-state index contributed by atoms with van der Waals surface area (Å²) in [6, 6.07) is 5.45. The zero-order valence-electron chi connectivity index (χ0n) is 20.8. The quantitative estimate of drug-likeness (QED) is 0.222. The molecular weight excluding hydrogens is 466 g/mol. The molecule has 7 N–H and O–H groups in total. The maximum absolute atomic E-state index is 13.1. The van der Waals surface area contributed by atoms with Crippen molar-refractivity contribution >= 4 is 28.6 Å². The van der Waals surface area contributed by atoms with Gasteiger partial charge in [-0.05, 0) is 42.0 Å². The third-order valence-electron chi connectivity index (χ3n) is 5.79. The molecule has 9 nitrogen and oxygen atoms in total.